The molecule has 0 bridgehead atoms. The molecular formula is C32H40O6. The van der Waals surface area contributed by atoms with E-state index in [4.69, 9.17) is 9.47 Å². The summed E-state index contributed by atoms with van der Waals surface area (Å²) >= 11 is 0. The van der Waals surface area contributed by atoms with Gasteiger partial charge in [-0.15, -0.1) is 0 Å². The lowest BCUT2D eigenvalue weighted by molar-refractivity contribution is -0.142. The van der Waals surface area contributed by atoms with E-state index in [1.54, 1.807) is 12.1 Å². The zero-order valence-electron chi connectivity index (χ0n) is 23.6. The maximum absolute atomic E-state index is 13.5. The molecule has 2 aromatic rings. The van der Waals surface area contributed by atoms with Crippen LogP contribution in [0, 0.1) is 0 Å². The normalized spacial score (nSPS) is 13.1. The molecule has 0 N–H and O–H groups in total. The second-order valence-electron chi connectivity index (χ2n) is 11.5. The topological polar surface area (TPSA) is 86.7 Å². The van der Waals surface area contributed by atoms with E-state index in [2.05, 4.69) is 27.7 Å². The van der Waals surface area contributed by atoms with Crippen LogP contribution in [-0.4, -0.2) is 36.7 Å². The predicted molar refractivity (Wildman–Crippen MR) is 147 cm³/mol. The van der Waals surface area contributed by atoms with Crippen molar-refractivity contribution in [2.45, 2.75) is 90.9 Å². The van der Waals surface area contributed by atoms with Crippen molar-refractivity contribution in [3.63, 3.8) is 0 Å². The first-order valence-corrected chi connectivity index (χ1v) is 13.5. The van der Waals surface area contributed by atoms with Crippen molar-refractivity contribution in [3.8, 4) is 0 Å². The number of carbonyl (C=O) groups excluding carboxylic acids is 4. The van der Waals surface area contributed by atoms with Crippen LogP contribution in [-0.2, 0) is 29.9 Å². The average Bonchev–Trinajstić information content (AvgIpc) is 2.85. The van der Waals surface area contributed by atoms with Gasteiger partial charge in [0.2, 0.25) is 0 Å². The summed E-state index contributed by atoms with van der Waals surface area (Å²) in [4.78, 5) is 49.0. The van der Waals surface area contributed by atoms with Crippen LogP contribution < -0.4 is 0 Å². The Morgan fingerprint density at radius 3 is 1.32 bits per heavy atom. The number of fused-ring (bicyclic) bond motifs is 2. The third-order valence-electron chi connectivity index (χ3n) is 7.58. The molecule has 0 radical (unpaired) electrons. The molecule has 1 aliphatic carbocycles. The Balaban J connectivity index is 1.75. The molecule has 0 aliphatic heterocycles. The molecule has 0 heterocycles. The van der Waals surface area contributed by atoms with Crippen molar-refractivity contribution in [2.24, 2.45) is 0 Å². The third kappa shape index (κ3) is 6.97. The van der Waals surface area contributed by atoms with Crippen LogP contribution >= 0.6 is 0 Å². The molecule has 204 valence electrons. The molecular weight excluding hydrogens is 480 g/mol. The summed E-state index contributed by atoms with van der Waals surface area (Å²) in [6, 6.07) is 11.3. The van der Waals surface area contributed by atoms with Crippen molar-refractivity contribution >= 4 is 23.5 Å². The van der Waals surface area contributed by atoms with Crippen LogP contribution in [0.25, 0.3) is 0 Å². The van der Waals surface area contributed by atoms with E-state index in [9.17, 15) is 19.2 Å². The van der Waals surface area contributed by atoms with Gasteiger partial charge in [0, 0.05) is 36.1 Å². The molecule has 0 aromatic heterocycles. The van der Waals surface area contributed by atoms with Crippen LogP contribution in [0.2, 0.25) is 0 Å². The molecule has 38 heavy (non-hydrogen) atoms. The summed E-state index contributed by atoms with van der Waals surface area (Å²) in [6.07, 6.45) is 5.06. The van der Waals surface area contributed by atoms with Crippen molar-refractivity contribution in [1.29, 1.82) is 0 Å². The summed E-state index contributed by atoms with van der Waals surface area (Å²) < 4.78 is 10.0. The standard InChI is InChI=1S/C32H40O6/c1-21(33)37-17-9-7-15-31(3,4)23-11-13-25-27(19-23)29(35)26-14-12-24(20-28(26)30(25)36)32(5,6)16-8-10-18-38-22(2)34/h11-14,19-20H,7-10,15-18H2,1-6H3. The number of ketones is 2. The number of carbonyl (C=O) groups is 4. The molecule has 6 heteroatoms. The molecule has 0 spiro atoms. The Morgan fingerprint density at radius 1 is 0.605 bits per heavy atom. The van der Waals surface area contributed by atoms with Gasteiger partial charge in [0.25, 0.3) is 0 Å². The summed E-state index contributed by atoms with van der Waals surface area (Å²) in [5.74, 6) is -0.774. The molecule has 0 fully saturated rings. The van der Waals surface area contributed by atoms with Gasteiger partial charge >= 0.3 is 11.9 Å². The van der Waals surface area contributed by atoms with Gasteiger partial charge in [-0.1, -0.05) is 39.8 Å². The van der Waals surface area contributed by atoms with Gasteiger partial charge < -0.3 is 9.47 Å². The van der Waals surface area contributed by atoms with E-state index in [0.717, 1.165) is 49.7 Å². The zero-order valence-corrected chi connectivity index (χ0v) is 23.6. The van der Waals surface area contributed by atoms with E-state index in [1.165, 1.54) is 13.8 Å². The van der Waals surface area contributed by atoms with Crippen LogP contribution in [0.4, 0.5) is 0 Å². The van der Waals surface area contributed by atoms with E-state index in [1.807, 2.05) is 24.3 Å². The highest BCUT2D eigenvalue weighted by atomic mass is 16.5. The minimum Gasteiger partial charge on any atom is -0.466 e. The number of rotatable bonds is 12. The van der Waals surface area contributed by atoms with Crippen molar-refractivity contribution in [3.05, 3.63) is 69.8 Å². The molecule has 0 saturated carbocycles. The molecule has 0 atom stereocenters. The van der Waals surface area contributed by atoms with Gasteiger partial charge in [0.05, 0.1) is 13.2 Å². The van der Waals surface area contributed by atoms with E-state index < -0.39 is 0 Å². The number of ether oxygens (including phenoxy) is 2. The van der Waals surface area contributed by atoms with Crippen LogP contribution in [0.1, 0.15) is 123 Å². The van der Waals surface area contributed by atoms with Gasteiger partial charge in [-0.2, -0.15) is 0 Å². The van der Waals surface area contributed by atoms with Crippen LogP contribution in [0.15, 0.2) is 36.4 Å². The van der Waals surface area contributed by atoms with Gasteiger partial charge in [-0.25, -0.2) is 0 Å². The Morgan fingerprint density at radius 2 is 0.974 bits per heavy atom. The summed E-state index contributed by atoms with van der Waals surface area (Å²) in [7, 11) is 0. The Labute approximate surface area is 226 Å². The lowest BCUT2D eigenvalue weighted by Gasteiger charge is -2.29. The molecule has 0 saturated heterocycles. The minimum atomic E-state index is -0.269. The molecule has 2 aromatic carbocycles. The quantitative estimate of drug-likeness (QED) is 0.201. The van der Waals surface area contributed by atoms with E-state index in [0.29, 0.717) is 35.5 Å². The first-order chi connectivity index (χ1) is 17.8. The van der Waals surface area contributed by atoms with Crippen LogP contribution in [0.3, 0.4) is 0 Å². The van der Waals surface area contributed by atoms with Gasteiger partial charge in [0.15, 0.2) is 11.6 Å². The SMILES string of the molecule is CC(=O)OCCCCC(C)(C)c1ccc2c(c1)C(=O)c1ccc(C(C)(C)CCCCOC(C)=O)cc1C2=O. The smallest absolute Gasteiger partial charge is 0.302 e. The van der Waals surface area contributed by atoms with E-state index >= 15 is 0 Å². The average molecular weight is 521 g/mol. The van der Waals surface area contributed by atoms with Crippen molar-refractivity contribution in [2.75, 3.05) is 13.2 Å². The fraction of sp³-hybridized carbons (Fsp3) is 0.500. The molecule has 3 rings (SSSR count). The summed E-state index contributed by atoms with van der Waals surface area (Å²) in [5.41, 5.74) is 3.47. The van der Waals surface area contributed by atoms with Crippen molar-refractivity contribution < 1.29 is 28.7 Å². The Hall–Kier alpha value is -3.28. The largest absolute Gasteiger partial charge is 0.466 e. The Bertz CT molecular complexity index is 1120. The highest BCUT2D eigenvalue weighted by Gasteiger charge is 2.33. The van der Waals surface area contributed by atoms with Crippen molar-refractivity contribution in [1.82, 2.24) is 0 Å². The first-order valence-electron chi connectivity index (χ1n) is 13.5. The van der Waals surface area contributed by atoms with Gasteiger partial charge in [-0.3, -0.25) is 19.2 Å². The van der Waals surface area contributed by atoms with Gasteiger partial charge in [-0.05, 0) is 84.7 Å². The van der Waals surface area contributed by atoms with E-state index in [-0.39, 0.29) is 34.3 Å². The molecule has 0 amide bonds. The number of hydrogen-bond donors (Lipinski definition) is 0. The fourth-order valence-corrected chi connectivity index (χ4v) is 5.05. The lowest BCUT2D eigenvalue weighted by Crippen LogP contribution is -2.25. The molecule has 6 nitrogen and oxygen atoms in total. The predicted octanol–water partition coefficient (Wildman–Crippen LogP) is 6.48. The first kappa shape index (κ1) is 29.3. The maximum Gasteiger partial charge on any atom is 0.302 e. The Kier molecular flexibility index (Phi) is 9.29. The zero-order chi connectivity index (χ0) is 28.1. The fourth-order valence-electron chi connectivity index (χ4n) is 5.05. The monoisotopic (exact) mass is 520 g/mol. The number of esters is 2. The molecule has 1 aliphatic rings. The minimum absolute atomic E-state index is 0.118. The highest BCUT2D eigenvalue weighted by Crippen LogP contribution is 2.36. The summed E-state index contributed by atoms with van der Waals surface area (Å²) in [5, 5.41) is 0. The number of hydrogen-bond acceptors (Lipinski definition) is 6. The second-order valence-corrected chi connectivity index (χ2v) is 11.5. The third-order valence-corrected chi connectivity index (χ3v) is 7.58. The highest BCUT2D eigenvalue weighted by molar-refractivity contribution is 6.28. The van der Waals surface area contributed by atoms with Crippen LogP contribution in [0.5, 0.6) is 0 Å². The number of unbranched alkanes of at least 4 members (excludes halogenated alkanes) is 2. The number of benzene rings is 2. The molecule has 0 unspecified atom stereocenters. The summed E-state index contributed by atoms with van der Waals surface area (Å²) in [6.45, 7) is 12.2. The maximum atomic E-state index is 13.5. The van der Waals surface area contributed by atoms with Gasteiger partial charge in [0.1, 0.15) is 0 Å². The second kappa shape index (κ2) is 12.1. The lowest BCUT2D eigenvalue weighted by atomic mass is 9.74.